The van der Waals surface area contributed by atoms with E-state index >= 15 is 0 Å². The van der Waals surface area contributed by atoms with Gasteiger partial charge in [-0.15, -0.1) is 0 Å². The number of aryl methyl sites for hydroxylation is 1. The first-order valence-corrected chi connectivity index (χ1v) is 5.28. The summed E-state index contributed by atoms with van der Waals surface area (Å²) in [4.78, 5) is 6.66. The molecule has 0 saturated carbocycles. The molecule has 78 valence electrons. The molecule has 0 amide bonds. The molecule has 0 aliphatic rings. The number of hydrogen-bond acceptors (Lipinski definition) is 2. The lowest BCUT2D eigenvalue weighted by molar-refractivity contribution is 1.06. The van der Waals surface area contributed by atoms with Gasteiger partial charge in [-0.25, -0.2) is 4.98 Å². The molecule has 1 aromatic heterocycles. The van der Waals surface area contributed by atoms with Crippen molar-refractivity contribution in [1.82, 2.24) is 4.98 Å². The van der Waals surface area contributed by atoms with Crippen LogP contribution in [0.4, 0.5) is 5.82 Å². The maximum absolute atomic E-state index is 4.61. The van der Waals surface area contributed by atoms with Gasteiger partial charge in [0.05, 0.1) is 5.52 Å². The Balaban J connectivity index is 2.71. The predicted molar refractivity (Wildman–Crippen MR) is 65.4 cm³/mol. The van der Waals surface area contributed by atoms with E-state index in [0.29, 0.717) is 0 Å². The molecule has 0 radical (unpaired) electrons. The number of fused-ring (bicyclic) bond motifs is 1. The van der Waals surface area contributed by atoms with Crippen molar-refractivity contribution in [2.45, 2.75) is 13.3 Å². The van der Waals surface area contributed by atoms with Crippen molar-refractivity contribution < 1.29 is 0 Å². The summed E-state index contributed by atoms with van der Waals surface area (Å²) >= 11 is 0. The quantitative estimate of drug-likeness (QED) is 0.741. The third-order valence-corrected chi connectivity index (χ3v) is 2.63. The molecule has 0 bridgehead atoms. The van der Waals surface area contributed by atoms with Gasteiger partial charge in [0.1, 0.15) is 5.82 Å². The van der Waals surface area contributed by atoms with E-state index in [9.17, 15) is 0 Å². The summed E-state index contributed by atoms with van der Waals surface area (Å²) in [6.07, 6.45) is 1.05. The fourth-order valence-corrected chi connectivity index (χ4v) is 1.75. The summed E-state index contributed by atoms with van der Waals surface area (Å²) < 4.78 is 0. The molecular formula is C13H16N2. The average molecular weight is 200 g/mol. The third-order valence-electron chi connectivity index (χ3n) is 2.63. The van der Waals surface area contributed by atoms with E-state index in [4.69, 9.17) is 0 Å². The van der Waals surface area contributed by atoms with Crippen molar-refractivity contribution in [2.24, 2.45) is 0 Å². The number of anilines is 1. The monoisotopic (exact) mass is 200 g/mol. The van der Waals surface area contributed by atoms with Crippen LogP contribution in [-0.4, -0.2) is 19.1 Å². The van der Waals surface area contributed by atoms with Crippen LogP contribution in [0.25, 0.3) is 10.9 Å². The van der Waals surface area contributed by atoms with Crippen molar-refractivity contribution >= 4 is 16.7 Å². The van der Waals surface area contributed by atoms with Crippen LogP contribution in [0.15, 0.2) is 30.3 Å². The van der Waals surface area contributed by atoms with E-state index in [0.717, 1.165) is 17.8 Å². The first kappa shape index (κ1) is 9.97. The summed E-state index contributed by atoms with van der Waals surface area (Å²) in [6.45, 7) is 2.18. The van der Waals surface area contributed by atoms with Gasteiger partial charge in [-0.05, 0) is 24.1 Å². The SMILES string of the molecule is CCc1cc(N(C)C)nc2ccccc12. The number of benzene rings is 1. The molecule has 0 unspecified atom stereocenters. The summed E-state index contributed by atoms with van der Waals surface area (Å²) in [5.74, 6) is 1.03. The minimum atomic E-state index is 1.03. The van der Waals surface area contributed by atoms with Crippen LogP contribution < -0.4 is 4.90 Å². The highest BCUT2D eigenvalue weighted by molar-refractivity contribution is 5.84. The molecule has 1 aromatic carbocycles. The zero-order valence-corrected chi connectivity index (χ0v) is 9.49. The van der Waals surface area contributed by atoms with E-state index < -0.39 is 0 Å². The van der Waals surface area contributed by atoms with E-state index in [1.54, 1.807) is 0 Å². The number of aromatic nitrogens is 1. The largest absolute Gasteiger partial charge is 0.363 e. The van der Waals surface area contributed by atoms with Gasteiger partial charge in [-0.2, -0.15) is 0 Å². The lowest BCUT2D eigenvalue weighted by atomic mass is 10.1. The highest BCUT2D eigenvalue weighted by atomic mass is 15.1. The van der Waals surface area contributed by atoms with Crippen molar-refractivity contribution in [2.75, 3.05) is 19.0 Å². The van der Waals surface area contributed by atoms with Gasteiger partial charge in [-0.1, -0.05) is 25.1 Å². The molecule has 1 heterocycles. The number of nitrogens with zero attached hydrogens (tertiary/aromatic N) is 2. The number of rotatable bonds is 2. The lowest BCUT2D eigenvalue weighted by Gasteiger charge is -2.14. The Bertz CT molecular complexity index is 475. The molecule has 0 N–H and O–H groups in total. The van der Waals surface area contributed by atoms with E-state index in [2.05, 4.69) is 36.2 Å². The van der Waals surface area contributed by atoms with Gasteiger partial charge in [0, 0.05) is 19.5 Å². The number of para-hydroxylation sites is 1. The average Bonchev–Trinajstić information content (AvgIpc) is 2.27. The van der Waals surface area contributed by atoms with Crippen LogP contribution in [0.3, 0.4) is 0 Å². The molecular weight excluding hydrogens is 184 g/mol. The maximum atomic E-state index is 4.61. The van der Waals surface area contributed by atoms with Gasteiger partial charge in [0.2, 0.25) is 0 Å². The van der Waals surface area contributed by atoms with Crippen LogP contribution in [0.5, 0.6) is 0 Å². The van der Waals surface area contributed by atoms with Gasteiger partial charge in [0.25, 0.3) is 0 Å². The van der Waals surface area contributed by atoms with Gasteiger partial charge in [0.15, 0.2) is 0 Å². The first-order valence-electron chi connectivity index (χ1n) is 5.28. The Labute approximate surface area is 90.6 Å². The molecule has 2 aromatic rings. The Morgan fingerprint density at radius 1 is 1.20 bits per heavy atom. The maximum Gasteiger partial charge on any atom is 0.129 e. The fraction of sp³-hybridized carbons (Fsp3) is 0.308. The smallest absolute Gasteiger partial charge is 0.129 e. The minimum absolute atomic E-state index is 1.03. The molecule has 2 rings (SSSR count). The normalized spacial score (nSPS) is 10.6. The second kappa shape index (κ2) is 3.89. The highest BCUT2D eigenvalue weighted by Crippen LogP contribution is 2.22. The zero-order valence-electron chi connectivity index (χ0n) is 9.49. The van der Waals surface area contributed by atoms with Crippen molar-refractivity contribution in [3.8, 4) is 0 Å². The molecule has 2 heteroatoms. The molecule has 0 aliphatic heterocycles. The van der Waals surface area contributed by atoms with Crippen molar-refractivity contribution in [3.63, 3.8) is 0 Å². The second-order valence-corrected chi connectivity index (χ2v) is 3.90. The van der Waals surface area contributed by atoms with Crippen LogP contribution in [-0.2, 0) is 6.42 Å². The van der Waals surface area contributed by atoms with Gasteiger partial charge in [-0.3, -0.25) is 0 Å². The third kappa shape index (κ3) is 1.80. The Morgan fingerprint density at radius 3 is 2.60 bits per heavy atom. The number of hydrogen-bond donors (Lipinski definition) is 0. The Hall–Kier alpha value is -1.57. The van der Waals surface area contributed by atoms with Crippen molar-refractivity contribution in [1.29, 1.82) is 0 Å². The summed E-state index contributed by atoms with van der Waals surface area (Å²) in [7, 11) is 4.05. The van der Waals surface area contributed by atoms with Gasteiger partial charge >= 0.3 is 0 Å². The fourth-order valence-electron chi connectivity index (χ4n) is 1.75. The Kier molecular flexibility index (Phi) is 2.58. The number of pyridine rings is 1. The minimum Gasteiger partial charge on any atom is -0.363 e. The molecule has 0 fully saturated rings. The standard InChI is InChI=1S/C13H16N2/c1-4-10-9-13(15(2)3)14-12-8-6-5-7-11(10)12/h5-9H,4H2,1-3H3. The molecule has 15 heavy (non-hydrogen) atoms. The second-order valence-electron chi connectivity index (χ2n) is 3.90. The first-order chi connectivity index (χ1) is 7.22. The molecule has 0 spiro atoms. The van der Waals surface area contributed by atoms with Crippen LogP contribution >= 0.6 is 0 Å². The topological polar surface area (TPSA) is 16.1 Å². The van der Waals surface area contributed by atoms with Crippen LogP contribution in [0.1, 0.15) is 12.5 Å². The predicted octanol–water partition coefficient (Wildman–Crippen LogP) is 2.86. The van der Waals surface area contributed by atoms with Crippen LogP contribution in [0.2, 0.25) is 0 Å². The highest BCUT2D eigenvalue weighted by Gasteiger charge is 2.04. The van der Waals surface area contributed by atoms with Gasteiger partial charge < -0.3 is 4.90 Å². The molecule has 2 nitrogen and oxygen atoms in total. The summed E-state index contributed by atoms with van der Waals surface area (Å²) in [5.41, 5.74) is 2.45. The molecule has 0 aliphatic carbocycles. The van der Waals surface area contributed by atoms with Crippen molar-refractivity contribution in [3.05, 3.63) is 35.9 Å². The van der Waals surface area contributed by atoms with E-state index in [-0.39, 0.29) is 0 Å². The summed E-state index contributed by atoms with van der Waals surface area (Å²) in [6, 6.07) is 10.5. The van der Waals surface area contributed by atoms with Crippen LogP contribution in [0, 0.1) is 0 Å². The summed E-state index contributed by atoms with van der Waals surface area (Å²) in [5, 5.41) is 1.27. The zero-order chi connectivity index (χ0) is 10.8. The molecule has 0 atom stereocenters. The Morgan fingerprint density at radius 2 is 1.93 bits per heavy atom. The molecule has 0 saturated heterocycles. The lowest BCUT2D eigenvalue weighted by Crippen LogP contribution is -2.11. The van der Waals surface area contributed by atoms with E-state index in [1.165, 1.54) is 10.9 Å². The van der Waals surface area contributed by atoms with E-state index in [1.807, 2.05) is 25.1 Å².